The first kappa shape index (κ1) is 16.8. The lowest BCUT2D eigenvalue weighted by molar-refractivity contribution is 0.285. The number of sulfonamides is 1. The van der Waals surface area contributed by atoms with Gasteiger partial charge in [0.15, 0.2) is 0 Å². The lowest BCUT2D eigenvalue weighted by Crippen LogP contribution is -2.35. The summed E-state index contributed by atoms with van der Waals surface area (Å²) >= 11 is 5.69. The van der Waals surface area contributed by atoms with Crippen molar-refractivity contribution >= 4 is 21.6 Å². The van der Waals surface area contributed by atoms with Crippen LogP contribution in [0.2, 0.25) is 0 Å². The Bertz CT molecular complexity index is 548. The molecule has 3 nitrogen and oxygen atoms in total. The number of benzene rings is 1. The number of alkyl halides is 1. The van der Waals surface area contributed by atoms with Crippen molar-refractivity contribution in [1.29, 1.82) is 0 Å². The van der Waals surface area contributed by atoms with Crippen LogP contribution in [0.5, 0.6) is 0 Å². The molecule has 0 bridgehead atoms. The highest BCUT2D eigenvalue weighted by atomic mass is 35.5. The summed E-state index contributed by atoms with van der Waals surface area (Å²) in [6, 6.07) is 7.00. The first-order valence-electron chi connectivity index (χ1n) is 7.66. The van der Waals surface area contributed by atoms with Crippen LogP contribution in [0.4, 0.5) is 0 Å². The van der Waals surface area contributed by atoms with Gasteiger partial charge in [0.1, 0.15) is 0 Å². The molecule has 0 aliphatic heterocycles. The van der Waals surface area contributed by atoms with Crippen LogP contribution in [0, 0.1) is 5.41 Å². The summed E-state index contributed by atoms with van der Waals surface area (Å²) in [5.74, 6) is 0.545. The summed E-state index contributed by atoms with van der Waals surface area (Å²) in [6.07, 6.45) is 6.46. The van der Waals surface area contributed by atoms with E-state index in [4.69, 9.17) is 11.6 Å². The lowest BCUT2D eigenvalue weighted by atomic mass is 9.84. The molecule has 0 spiro atoms. The van der Waals surface area contributed by atoms with Crippen molar-refractivity contribution in [3.63, 3.8) is 0 Å². The molecule has 21 heavy (non-hydrogen) atoms. The van der Waals surface area contributed by atoms with E-state index < -0.39 is 10.0 Å². The third-order valence-electron chi connectivity index (χ3n) is 4.67. The Balaban J connectivity index is 2.04. The summed E-state index contributed by atoms with van der Waals surface area (Å²) in [6.45, 7) is 2.70. The van der Waals surface area contributed by atoms with Crippen LogP contribution in [-0.4, -0.2) is 20.8 Å². The van der Waals surface area contributed by atoms with E-state index in [2.05, 4.69) is 11.6 Å². The fraction of sp³-hybridized carbons (Fsp3) is 0.625. The fourth-order valence-electron chi connectivity index (χ4n) is 3.06. The summed E-state index contributed by atoms with van der Waals surface area (Å²) in [5, 5.41) is 0. The molecule has 0 atom stereocenters. The number of hydrogen-bond acceptors (Lipinski definition) is 2. The molecule has 0 amide bonds. The quantitative estimate of drug-likeness (QED) is 0.775. The van der Waals surface area contributed by atoms with Crippen LogP contribution in [0.1, 0.15) is 44.6 Å². The predicted molar refractivity (Wildman–Crippen MR) is 87.2 cm³/mol. The fourth-order valence-corrected chi connectivity index (χ4v) is 4.43. The van der Waals surface area contributed by atoms with Crippen LogP contribution in [0.15, 0.2) is 29.2 Å². The standard InChI is InChI=1S/C16H24ClNO2S/c1-2-16(10-3-4-11-16)13-18-21(19,20)15-7-5-14(6-8-15)9-12-17/h5-8,18H,2-4,9-13H2,1H3. The molecule has 0 radical (unpaired) electrons. The molecule has 5 heteroatoms. The molecule has 0 saturated heterocycles. The van der Waals surface area contributed by atoms with E-state index in [1.165, 1.54) is 12.8 Å². The maximum Gasteiger partial charge on any atom is 0.240 e. The Morgan fingerprint density at radius 3 is 2.33 bits per heavy atom. The molecule has 0 aromatic heterocycles. The van der Waals surface area contributed by atoms with Crippen molar-refractivity contribution in [3.05, 3.63) is 29.8 Å². The molecule has 1 N–H and O–H groups in total. The van der Waals surface area contributed by atoms with Gasteiger partial charge >= 0.3 is 0 Å². The van der Waals surface area contributed by atoms with Crippen LogP contribution in [-0.2, 0) is 16.4 Å². The molecule has 1 aromatic carbocycles. The van der Waals surface area contributed by atoms with Gasteiger partial charge < -0.3 is 0 Å². The molecular weight excluding hydrogens is 306 g/mol. The third-order valence-corrected chi connectivity index (χ3v) is 6.27. The van der Waals surface area contributed by atoms with E-state index in [0.29, 0.717) is 17.3 Å². The van der Waals surface area contributed by atoms with Crippen LogP contribution in [0.3, 0.4) is 0 Å². The van der Waals surface area contributed by atoms with Gasteiger partial charge in [-0.1, -0.05) is 31.9 Å². The summed E-state index contributed by atoms with van der Waals surface area (Å²) < 4.78 is 27.6. The van der Waals surface area contributed by atoms with E-state index in [1.54, 1.807) is 12.1 Å². The highest BCUT2D eigenvalue weighted by molar-refractivity contribution is 7.89. The average Bonchev–Trinajstić information content (AvgIpc) is 2.96. The average molecular weight is 330 g/mol. The third kappa shape index (κ3) is 4.21. The molecule has 0 heterocycles. The molecule has 1 fully saturated rings. The normalized spacial score (nSPS) is 18.0. The Morgan fingerprint density at radius 2 is 1.81 bits per heavy atom. The lowest BCUT2D eigenvalue weighted by Gasteiger charge is -2.27. The van der Waals surface area contributed by atoms with E-state index >= 15 is 0 Å². The largest absolute Gasteiger partial charge is 0.240 e. The van der Waals surface area contributed by atoms with Gasteiger partial charge in [-0.25, -0.2) is 13.1 Å². The maximum absolute atomic E-state index is 12.4. The smallest absolute Gasteiger partial charge is 0.211 e. The van der Waals surface area contributed by atoms with Crippen molar-refractivity contribution < 1.29 is 8.42 Å². The zero-order valence-electron chi connectivity index (χ0n) is 12.6. The van der Waals surface area contributed by atoms with Crippen molar-refractivity contribution in [2.24, 2.45) is 5.41 Å². The number of rotatable bonds is 7. The summed E-state index contributed by atoms with van der Waals surface area (Å²) in [5.41, 5.74) is 1.22. The second-order valence-electron chi connectivity index (χ2n) is 5.97. The molecule has 1 aliphatic rings. The second kappa shape index (κ2) is 7.12. The molecule has 1 saturated carbocycles. The van der Waals surface area contributed by atoms with Gasteiger partial charge in [-0.15, -0.1) is 11.6 Å². The van der Waals surface area contributed by atoms with Gasteiger partial charge in [0.25, 0.3) is 0 Å². The van der Waals surface area contributed by atoms with Gasteiger partial charge in [0.05, 0.1) is 4.90 Å². The van der Waals surface area contributed by atoms with Gasteiger partial charge in [0.2, 0.25) is 10.0 Å². The summed E-state index contributed by atoms with van der Waals surface area (Å²) in [7, 11) is -3.41. The minimum Gasteiger partial charge on any atom is -0.211 e. The zero-order chi connectivity index (χ0) is 15.3. The van der Waals surface area contributed by atoms with E-state index in [-0.39, 0.29) is 5.41 Å². The molecule has 0 unspecified atom stereocenters. The van der Waals surface area contributed by atoms with Crippen molar-refractivity contribution in [3.8, 4) is 0 Å². The Hall–Kier alpha value is -0.580. The van der Waals surface area contributed by atoms with Crippen LogP contribution in [0.25, 0.3) is 0 Å². The number of hydrogen-bond donors (Lipinski definition) is 1. The molecule has 1 aliphatic carbocycles. The molecule has 2 rings (SSSR count). The highest BCUT2D eigenvalue weighted by Gasteiger charge is 2.33. The van der Waals surface area contributed by atoms with Gasteiger partial charge in [-0.3, -0.25) is 0 Å². The minimum absolute atomic E-state index is 0.158. The zero-order valence-corrected chi connectivity index (χ0v) is 14.1. The van der Waals surface area contributed by atoms with Crippen molar-refractivity contribution in [1.82, 2.24) is 4.72 Å². The monoisotopic (exact) mass is 329 g/mol. The van der Waals surface area contributed by atoms with Gasteiger partial charge in [-0.2, -0.15) is 0 Å². The van der Waals surface area contributed by atoms with Crippen molar-refractivity contribution in [2.45, 2.75) is 50.3 Å². The Kier molecular flexibility index (Phi) is 5.69. The summed E-state index contributed by atoms with van der Waals surface area (Å²) in [4.78, 5) is 0.338. The van der Waals surface area contributed by atoms with Gasteiger partial charge in [-0.05, 0) is 48.8 Å². The SMILES string of the molecule is CCC1(CNS(=O)(=O)c2ccc(CCCl)cc2)CCCC1. The highest BCUT2D eigenvalue weighted by Crippen LogP contribution is 2.40. The number of nitrogens with one attached hydrogen (secondary N) is 1. The van der Waals surface area contributed by atoms with Crippen LogP contribution >= 0.6 is 11.6 Å². The maximum atomic E-state index is 12.4. The van der Waals surface area contributed by atoms with E-state index in [1.807, 2.05) is 12.1 Å². The van der Waals surface area contributed by atoms with Crippen LogP contribution < -0.4 is 4.72 Å². The first-order chi connectivity index (χ1) is 10.0. The molecular formula is C16H24ClNO2S. The second-order valence-corrected chi connectivity index (χ2v) is 8.11. The Labute approximate surface area is 133 Å². The number of aryl methyl sites for hydroxylation is 1. The topological polar surface area (TPSA) is 46.2 Å². The van der Waals surface area contributed by atoms with E-state index in [0.717, 1.165) is 31.2 Å². The van der Waals surface area contributed by atoms with Crippen molar-refractivity contribution in [2.75, 3.05) is 12.4 Å². The van der Waals surface area contributed by atoms with Gasteiger partial charge in [0, 0.05) is 12.4 Å². The minimum atomic E-state index is -3.41. The predicted octanol–water partition coefficient (Wildman–Crippen LogP) is 3.72. The first-order valence-corrected chi connectivity index (χ1v) is 9.68. The molecule has 118 valence electrons. The Morgan fingerprint density at radius 1 is 1.19 bits per heavy atom. The number of halogens is 1. The van der Waals surface area contributed by atoms with E-state index in [9.17, 15) is 8.42 Å². The molecule has 1 aromatic rings.